The van der Waals surface area contributed by atoms with Crippen LogP contribution in [0.1, 0.15) is 24.3 Å². The van der Waals surface area contributed by atoms with E-state index in [0.717, 1.165) is 45.1 Å². The van der Waals surface area contributed by atoms with Gasteiger partial charge in [0.15, 0.2) is 0 Å². The Hall–Kier alpha value is -1.17. The molecular weight excluding hydrogens is 266 g/mol. The number of nitrogens with zero attached hydrogens (tertiary/aromatic N) is 3. The van der Waals surface area contributed by atoms with E-state index in [0.29, 0.717) is 6.04 Å². The zero-order valence-electron chi connectivity index (χ0n) is 13.2. The van der Waals surface area contributed by atoms with Crippen molar-refractivity contribution >= 4 is 5.69 Å². The lowest BCUT2D eigenvalue weighted by atomic mass is 10.1. The van der Waals surface area contributed by atoms with Crippen molar-refractivity contribution in [1.82, 2.24) is 9.88 Å². The van der Waals surface area contributed by atoms with E-state index in [-0.39, 0.29) is 6.10 Å². The highest BCUT2D eigenvalue weighted by Gasteiger charge is 2.29. The van der Waals surface area contributed by atoms with Crippen LogP contribution in [0.5, 0.6) is 0 Å². The van der Waals surface area contributed by atoms with E-state index < -0.39 is 0 Å². The standard InChI is InChI=1S/C16H25N3O2/c1-12-8-14(9-17-16(12)13(2)20-3)19-5-4-18-6-7-21-11-15(18)10-19/h8-9,13,15H,4-7,10-11H2,1-3H3/t13-,15?/m0/s1. The molecule has 2 saturated heterocycles. The number of pyridine rings is 1. The van der Waals surface area contributed by atoms with Crippen LogP contribution in [0.2, 0.25) is 0 Å². The monoisotopic (exact) mass is 291 g/mol. The first-order valence-corrected chi connectivity index (χ1v) is 7.75. The summed E-state index contributed by atoms with van der Waals surface area (Å²) in [5.74, 6) is 0. The number of piperazine rings is 1. The molecule has 3 rings (SSSR count). The van der Waals surface area contributed by atoms with E-state index in [1.54, 1.807) is 7.11 Å². The van der Waals surface area contributed by atoms with E-state index in [1.165, 1.54) is 11.3 Å². The van der Waals surface area contributed by atoms with Gasteiger partial charge in [0, 0.05) is 33.3 Å². The fourth-order valence-electron chi connectivity index (χ4n) is 3.26. The quantitative estimate of drug-likeness (QED) is 0.846. The molecule has 0 amide bonds. The molecule has 116 valence electrons. The molecule has 0 aromatic carbocycles. The Bertz CT molecular complexity index is 494. The van der Waals surface area contributed by atoms with Crippen LogP contribution in [-0.4, -0.2) is 62.4 Å². The molecule has 3 heterocycles. The van der Waals surface area contributed by atoms with Gasteiger partial charge in [-0.3, -0.25) is 9.88 Å². The molecule has 2 aliphatic heterocycles. The van der Waals surface area contributed by atoms with Gasteiger partial charge in [-0.15, -0.1) is 0 Å². The third-order valence-corrected chi connectivity index (χ3v) is 4.65. The number of anilines is 1. The molecule has 0 radical (unpaired) electrons. The fourth-order valence-corrected chi connectivity index (χ4v) is 3.26. The summed E-state index contributed by atoms with van der Waals surface area (Å²) in [6.07, 6.45) is 2.03. The van der Waals surface area contributed by atoms with Gasteiger partial charge in [0.05, 0.1) is 42.9 Å². The van der Waals surface area contributed by atoms with Crippen molar-refractivity contribution < 1.29 is 9.47 Å². The maximum atomic E-state index is 5.61. The minimum Gasteiger partial charge on any atom is -0.378 e. The number of aryl methyl sites for hydroxylation is 1. The first-order chi connectivity index (χ1) is 10.2. The molecule has 0 bridgehead atoms. The van der Waals surface area contributed by atoms with Gasteiger partial charge in [-0.05, 0) is 25.5 Å². The van der Waals surface area contributed by atoms with Gasteiger partial charge in [0.25, 0.3) is 0 Å². The molecule has 1 unspecified atom stereocenters. The summed E-state index contributed by atoms with van der Waals surface area (Å²) in [7, 11) is 1.72. The van der Waals surface area contributed by atoms with Crippen LogP contribution in [0, 0.1) is 6.92 Å². The van der Waals surface area contributed by atoms with Crippen LogP contribution in [0.3, 0.4) is 0 Å². The minimum atomic E-state index is 0.0441. The maximum absolute atomic E-state index is 5.61. The van der Waals surface area contributed by atoms with Crippen molar-refractivity contribution in [2.45, 2.75) is 26.0 Å². The van der Waals surface area contributed by atoms with Gasteiger partial charge in [-0.2, -0.15) is 0 Å². The van der Waals surface area contributed by atoms with Crippen LogP contribution in [0.25, 0.3) is 0 Å². The van der Waals surface area contributed by atoms with E-state index in [1.807, 2.05) is 13.1 Å². The molecule has 2 fully saturated rings. The summed E-state index contributed by atoms with van der Waals surface area (Å²) in [5.41, 5.74) is 3.44. The van der Waals surface area contributed by atoms with Gasteiger partial charge in [-0.1, -0.05) is 0 Å². The Morgan fingerprint density at radius 2 is 2.24 bits per heavy atom. The summed E-state index contributed by atoms with van der Waals surface area (Å²) in [6, 6.07) is 2.75. The summed E-state index contributed by atoms with van der Waals surface area (Å²) < 4.78 is 11.0. The average molecular weight is 291 g/mol. The third kappa shape index (κ3) is 3.05. The molecule has 5 nitrogen and oxygen atoms in total. The average Bonchev–Trinajstić information content (AvgIpc) is 2.53. The number of morpholine rings is 1. The largest absolute Gasteiger partial charge is 0.378 e. The zero-order chi connectivity index (χ0) is 14.8. The molecule has 0 aliphatic carbocycles. The van der Waals surface area contributed by atoms with Crippen molar-refractivity contribution in [3.63, 3.8) is 0 Å². The number of fused-ring (bicyclic) bond motifs is 1. The summed E-state index contributed by atoms with van der Waals surface area (Å²) in [6.45, 7) is 10.2. The number of hydrogen-bond acceptors (Lipinski definition) is 5. The smallest absolute Gasteiger partial charge is 0.0965 e. The summed E-state index contributed by atoms with van der Waals surface area (Å²) in [5, 5.41) is 0. The van der Waals surface area contributed by atoms with Crippen molar-refractivity contribution in [3.8, 4) is 0 Å². The second-order valence-corrected chi connectivity index (χ2v) is 5.98. The molecule has 21 heavy (non-hydrogen) atoms. The number of rotatable bonds is 3. The predicted molar refractivity (Wildman–Crippen MR) is 82.8 cm³/mol. The molecule has 0 spiro atoms. The lowest BCUT2D eigenvalue weighted by Crippen LogP contribution is -2.58. The first-order valence-electron chi connectivity index (χ1n) is 7.75. The van der Waals surface area contributed by atoms with Gasteiger partial charge in [0.1, 0.15) is 0 Å². The van der Waals surface area contributed by atoms with Crippen molar-refractivity contribution in [1.29, 1.82) is 0 Å². The van der Waals surface area contributed by atoms with Crippen LogP contribution in [0.4, 0.5) is 5.69 Å². The second-order valence-electron chi connectivity index (χ2n) is 5.98. The molecular formula is C16H25N3O2. The number of ether oxygens (including phenoxy) is 2. The lowest BCUT2D eigenvalue weighted by Gasteiger charge is -2.44. The van der Waals surface area contributed by atoms with Crippen LogP contribution in [-0.2, 0) is 9.47 Å². The first kappa shape index (κ1) is 14.8. The third-order valence-electron chi connectivity index (χ3n) is 4.65. The highest BCUT2D eigenvalue weighted by atomic mass is 16.5. The maximum Gasteiger partial charge on any atom is 0.0965 e. The highest BCUT2D eigenvalue weighted by Crippen LogP contribution is 2.25. The van der Waals surface area contributed by atoms with Crippen molar-refractivity contribution in [3.05, 3.63) is 23.5 Å². The van der Waals surface area contributed by atoms with Gasteiger partial charge in [0.2, 0.25) is 0 Å². The Kier molecular flexibility index (Phi) is 4.42. The van der Waals surface area contributed by atoms with Crippen molar-refractivity contribution in [2.75, 3.05) is 51.4 Å². The van der Waals surface area contributed by atoms with Crippen molar-refractivity contribution in [2.24, 2.45) is 0 Å². The fraction of sp³-hybridized carbons (Fsp3) is 0.688. The Balaban J connectivity index is 1.73. The predicted octanol–water partition coefficient (Wildman–Crippen LogP) is 1.62. The molecule has 1 aromatic rings. The molecule has 5 heteroatoms. The van der Waals surface area contributed by atoms with Crippen LogP contribution < -0.4 is 4.90 Å². The van der Waals surface area contributed by atoms with Gasteiger partial charge in [-0.25, -0.2) is 0 Å². The molecule has 2 atom stereocenters. The number of methoxy groups -OCH3 is 1. The number of hydrogen-bond donors (Lipinski definition) is 0. The van der Waals surface area contributed by atoms with E-state index >= 15 is 0 Å². The summed E-state index contributed by atoms with van der Waals surface area (Å²) >= 11 is 0. The molecule has 0 N–H and O–H groups in total. The highest BCUT2D eigenvalue weighted by molar-refractivity contribution is 5.48. The van der Waals surface area contributed by atoms with Gasteiger partial charge >= 0.3 is 0 Å². The Morgan fingerprint density at radius 1 is 1.38 bits per heavy atom. The summed E-state index contributed by atoms with van der Waals surface area (Å²) in [4.78, 5) is 9.59. The van der Waals surface area contributed by atoms with Crippen LogP contribution in [0.15, 0.2) is 12.3 Å². The second kappa shape index (κ2) is 6.30. The number of aromatic nitrogens is 1. The minimum absolute atomic E-state index is 0.0441. The Labute approximate surface area is 126 Å². The SMILES string of the molecule is CO[C@@H](C)c1ncc(N2CCN3CCOCC3C2)cc1C. The topological polar surface area (TPSA) is 37.8 Å². The van der Waals surface area contributed by atoms with E-state index in [9.17, 15) is 0 Å². The molecule has 0 saturated carbocycles. The zero-order valence-corrected chi connectivity index (χ0v) is 13.2. The Morgan fingerprint density at radius 3 is 3.00 bits per heavy atom. The van der Waals surface area contributed by atoms with Crippen LogP contribution >= 0.6 is 0 Å². The molecule has 1 aromatic heterocycles. The van der Waals surface area contributed by atoms with E-state index in [2.05, 4.69) is 27.8 Å². The molecule has 2 aliphatic rings. The normalized spacial score (nSPS) is 24.7. The van der Waals surface area contributed by atoms with Gasteiger partial charge < -0.3 is 14.4 Å². The van der Waals surface area contributed by atoms with E-state index in [4.69, 9.17) is 9.47 Å². The lowest BCUT2D eigenvalue weighted by molar-refractivity contribution is -0.0117.